The second-order valence-electron chi connectivity index (χ2n) is 2.59. The SMILES string of the molecule is CCOC(=O)C1CC1B(F)F. The zero-order valence-electron chi connectivity index (χ0n) is 6.22. The number of carbonyl (C=O) groups is 1. The summed E-state index contributed by atoms with van der Waals surface area (Å²) < 4.78 is 28.3. The summed E-state index contributed by atoms with van der Waals surface area (Å²) in [5.74, 6) is -1.75. The predicted octanol–water partition coefficient (Wildman–Crippen LogP) is 1.37. The Bertz CT molecular complexity index is 163. The molecule has 0 radical (unpaired) electrons. The quantitative estimate of drug-likeness (QED) is 0.462. The van der Waals surface area contributed by atoms with Crippen LogP contribution in [0.3, 0.4) is 0 Å². The predicted molar refractivity (Wildman–Crippen MR) is 36.5 cm³/mol. The summed E-state index contributed by atoms with van der Waals surface area (Å²) in [5.41, 5.74) is 0. The van der Waals surface area contributed by atoms with Crippen molar-refractivity contribution in [1.29, 1.82) is 0 Å². The molecule has 0 amide bonds. The standard InChI is InChI=1S/C6H9BF2O2/c1-2-11-6(10)4-3-5(4)7(8)9/h4-5H,2-3H2,1H3. The van der Waals surface area contributed by atoms with Crippen LogP contribution in [0.15, 0.2) is 0 Å². The van der Waals surface area contributed by atoms with Crippen molar-refractivity contribution in [3.05, 3.63) is 0 Å². The number of halogens is 2. The van der Waals surface area contributed by atoms with Gasteiger partial charge in [0.2, 0.25) is 0 Å². The molecule has 1 aliphatic rings. The molecular formula is C6H9BF2O2. The van der Waals surface area contributed by atoms with E-state index in [0.29, 0.717) is 0 Å². The zero-order valence-corrected chi connectivity index (χ0v) is 6.22. The minimum absolute atomic E-state index is 0.269. The van der Waals surface area contributed by atoms with Crippen molar-refractivity contribution >= 4 is 13.2 Å². The molecule has 0 heterocycles. The van der Waals surface area contributed by atoms with E-state index < -0.39 is 25.0 Å². The first-order chi connectivity index (χ1) is 5.16. The largest absolute Gasteiger partial charge is 0.542 e. The highest BCUT2D eigenvalue weighted by Crippen LogP contribution is 2.48. The molecule has 1 aliphatic carbocycles. The molecule has 2 unspecified atom stereocenters. The van der Waals surface area contributed by atoms with Gasteiger partial charge in [-0.05, 0) is 13.3 Å². The number of carbonyl (C=O) groups excluding carboxylic acids is 1. The van der Waals surface area contributed by atoms with Gasteiger partial charge in [-0.2, -0.15) is 0 Å². The highest BCUT2D eigenvalue weighted by Gasteiger charge is 2.53. The average Bonchev–Trinajstić information content (AvgIpc) is 2.65. The lowest BCUT2D eigenvalue weighted by molar-refractivity contribution is -0.144. The number of hydrogen-bond acceptors (Lipinski definition) is 2. The molecule has 1 saturated carbocycles. The van der Waals surface area contributed by atoms with Crippen LogP contribution < -0.4 is 0 Å². The second kappa shape index (κ2) is 3.20. The van der Waals surface area contributed by atoms with E-state index in [1.165, 1.54) is 0 Å². The Labute approximate surface area is 64.1 Å². The lowest BCUT2D eigenvalue weighted by Crippen LogP contribution is -2.09. The first kappa shape index (κ1) is 8.49. The van der Waals surface area contributed by atoms with Gasteiger partial charge in [0.15, 0.2) is 0 Å². The third-order valence-electron chi connectivity index (χ3n) is 1.75. The van der Waals surface area contributed by atoms with Crippen molar-refractivity contribution in [2.45, 2.75) is 19.2 Å². The lowest BCUT2D eigenvalue weighted by atomic mass is 9.88. The van der Waals surface area contributed by atoms with Crippen molar-refractivity contribution in [3.8, 4) is 0 Å². The highest BCUT2D eigenvalue weighted by molar-refractivity contribution is 6.46. The summed E-state index contributed by atoms with van der Waals surface area (Å²) in [6, 6.07) is 0. The zero-order chi connectivity index (χ0) is 8.43. The molecule has 0 aromatic rings. The van der Waals surface area contributed by atoms with Crippen LogP contribution in [0, 0.1) is 5.92 Å². The van der Waals surface area contributed by atoms with E-state index in [4.69, 9.17) is 0 Å². The topological polar surface area (TPSA) is 26.3 Å². The summed E-state index contributed by atoms with van der Waals surface area (Å²) in [6.07, 6.45) is 0.288. The first-order valence-electron chi connectivity index (χ1n) is 3.61. The molecule has 0 aromatic heterocycles. The third-order valence-corrected chi connectivity index (χ3v) is 1.75. The monoisotopic (exact) mass is 162 g/mol. The van der Waals surface area contributed by atoms with Crippen LogP contribution >= 0.6 is 0 Å². The Morgan fingerprint density at radius 2 is 2.36 bits per heavy atom. The molecule has 5 heteroatoms. The smallest absolute Gasteiger partial charge is 0.466 e. The van der Waals surface area contributed by atoms with E-state index >= 15 is 0 Å². The van der Waals surface area contributed by atoms with Crippen molar-refractivity contribution in [1.82, 2.24) is 0 Å². The normalized spacial score (nSPS) is 27.9. The summed E-state index contributed by atoms with van der Waals surface area (Å²) in [4.78, 5) is 10.8. The second-order valence-corrected chi connectivity index (χ2v) is 2.59. The van der Waals surface area contributed by atoms with E-state index in [1.807, 2.05) is 0 Å². The molecule has 0 saturated heterocycles. The van der Waals surface area contributed by atoms with Gasteiger partial charge in [-0.25, -0.2) is 0 Å². The molecular weight excluding hydrogens is 153 g/mol. The Kier molecular flexibility index (Phi) is 2.47. The van der Waals surface area contributed by atoms with Gasteiger partial charge in [-0.15, -0.1) is 0 Å². The van der Waals surface area contributed by atoms with Gasteiger partial charge < -0.3 is 4.74 Å². The molecule has 11 heavy (non-hydrogen) atoms. The van der Waals surface area contributed by atoms with Crippen LogP contribution in [0.5, 0.6) is 0 Å². The minimum Gasteiger partial charge on any atom is -0.466 e. The van der Waals surface area contributed by atoms with Gasteiger partial charge in [-0.1, -0.05) is 0 Å². The fraction of sp³-hybridized carbons (Fsp3) is 0.833. The van der Waals surface area contributed by atoms with Gasteiger partial charge in [0, 0.05) is 5.82 Å². The molecule has 0 spiro atoms. The number of rotatable bonds is 3. The Morgan fingerprint density at radius 3 is 2.73 bits per heavy atom. The lowest BCUT2D eigenvalue weighted by Gasteiger charge is -1.97. The summed E-state index contributed by atoms with van der Waals surface area (Å²) in [5, 5.41) is 0. The summed E-state index contributed by atoms with van der Waals surface area (Å²) >= 11 is 0. The summed E-state index contributed by atoms with van der Waals surface area (Å²) in [6.45, 7) is 1.93. The van der Waals surface area contributed by atoms with Gasteiger partial charge in [0.25, 0.3) is 0 Å². The van der Waals surface area contributed by atoms with Crippen LogP contribution in [0.1, 0.15) is 13.3 Å². The van der Waals surface area contributed by atoms with Crippen molar-refractivity contribution in [2.75, 3.05) is 6.61 Å². The fourth-order valence-electron chi connectivity index (χ4n) is 1.01. The van der Waals surface area contributed by atoms with Crippen LogP contribution in [0.2, 0.25) is 5.82 Å². The highest BCUT2D eigenvalue weighted by atomic mass is 19.2. The van der Waals surface area contributed by atoms with E-state index in [2.05, 4.69) is 4.74 Å². The van der Waals surface area contributed by atoms with Gasteiger partial charge in [-0.3, -0.25) is 13.4 Å². The number of hydrogen-bond donors (Lipinski definition) is 0. The molecule has 1 fully saturated rings. The average molecular weight is 162 g/mol. The van der Waals surface area contributed by atoms with E-state index in [9.17, 15) is 13.4 Å². The third kappa shape index (κ3) is 1.91. The van der Waals surface area contributed by atoms with Crippen LogP contribution in [0.25, 0.3) is 0 Å². The molecule has 0 N–H and O–H groups in total. The van der Waals surface area contributed by atoms with Crippen molar-refractivity contribution in [3.63, 3.8) is 0 Å². The van der Waals surface area contributed by atoms with Crippen molar-refractivity contribution < 1.29 is 18.2 Å². The Balaban J connectivity index is 2.26. The summed E-state index contributed by atoms with van der Waals surface area (Å²) in [7, 11) is -2.37. The Morgan fingerprint density at radius 1 is 1.73 bits per heavy atom. The van der Waals surface area contributed by atoms with Crippen molar-refractivity contribution in [2.24, 2.45) is 5.92 Å². The minimum atomic E-state index is -2.37. The van der Waals surface area contributed by atoms with E-state index in [1.54, 1.807) is 6.92 Å². The van der Waals surface area contributed by atoms with Gasteiger partial charge in [0.1, 0.15) is 0 Å². The molecule has 2 atom stereocenters. The molecule has 0 aliphatic heterocycles. The number of esters is 1. The Hall–Kier alpha value is -0.605. The molecule has 2 nitrogen and oxygen atoms in total. The van der Waals surface area contributed by atoms with Gasteiger partial charge >= 0.3 is 13.2 Å². The van der Waals surface area contributed by atoms with Crippen LogP contribution in [-0.2, 0) is 9.53 Å². The fourth-order valence-corrected chi connectivity index (χ4v) is 1.01. The van der Waals surface area contributed by atoms with Gasteiger partial charge in [0.05, 0.1) is 12.5 Å². The maximum Gasteiger partial charge on any atom is 0.542 e. The maximum absolute atomic E-state index is 11.9. The van der Waals surface area contributed by atoms with Crippen LogP contribution in [-0.4, -0.2) is 19.8 Å². The molecule has 0 bridgehead atoms. The first-order valence-corrected chi connectivity index (χ1v) is 3.61. The number of ether oxygens (including phenoxy) is 1. The van der Waals surface area contributed by atoms with Crippen LogP contribution in [0.4, 0.5) is 8.63 Å². The molecule has 1 rings (SSSR count). The molecule has 0 aromatic carbocycles. The maximum atomic E-state index is 11.9. The van der Waals surface area contributed by atoms with E-state index in [-0.39, 0.29) is 13.0 Å². The molecule has 62 valence electrons. The van der Waals surface area contributed by atoms with E-state index in [0.717, 1.165) is 0 Å².